The van der Waals surface area contributed by atoms with E-state index in [9.17, 15) is 15.3 Å². The van der Waals surface area contributed by atoms with Gasteiger partial charge in [-0.15, -0.1) is 0 Å². The molecule has 160 valence electrons. The standard InChI is InChI=1S/C24H40O4/c1-23(2,27)12-13-28-22-7-10-24(11-8-22)9-3-4-18(17-24)5-6-19-14-20(25)16-21(26)15-19/h5-6,20-22,25-27H,3-4,7-17H2,1-2H3/b18-5+/t20-,21-,22?,24?/m1/s1. The van der Waals surface area contributed by atoms with Crippen molar-refractivity contribution in [3.05, 3.63) is 23.3 Å². The topological polar surface area (TPSA) is 69.9 Å². The molecule has 0 unspecified atom stereocenters. The number of hydrogen-bond acceptors (Lipinski definition) is 4. The predicted molar refractivity (Wildman–Crippen MR) is 112 cm³/mol. The Hall–Kier alpha value is -0.680. The fourth-order valence-electron chi connectivity index (χ4n) is 5.30. The zero-order chi connectivity index (χ0) is 20.2. The van der Waals surface area contributed by atoms with Gasteiger partial charge in [0.1, 0.15) is 0 Å². The third kappa shape index (κ3) is 6.69. The van der Waals surface area contributed by atoms with Gasteiger partial charge in [-0.05, 0) is 96.3 Å². The van der Waals surface area contributed by atoms with E-state index in [1.54, 1.807) is 0 Å². The molecule has 3 fully saturated rings. The summed E-state index contributed by atoms with van der Waals surface area (Å²) in [7, 11) is 0. The first-order chi connectivity index (χ1) is 13.2. The summed E-state index contributed by atoms with van der Waals surface area (Å²) >= 11 is 0. The molecule has 0 bridgehead atoms. The van der Waals surface area contributed by atoms with E-state index in [1.165, 1.54) is 49.7 Å². The van der Waals surface area contributed by atoms with Crippen LogP contribution in [0, 0.1) is 5.41 Å². The normalized spacial score (nSPS) is 36.1. The van der Waals surface area contributed by atoms with Gasteiger partial charge in [0.25, 0.3) is 0 Å². The zero-order valence-corrected chi connectivity index (χ0v) is 17.8. The molecule has 1 spiro atoms. The Kier molecular flexibility index (Phi) is 7.41. The molecular weight excluding hydrogens is 352 g/mol. The monoisotopic (exact) mass is 392 g/mol. The fraction of sp³-hybridized carbons (Fsp3) is 0.833. The Balaban J connectivity index is 1.49. The Morgan fingerprint density at radius 2 is 1.68 bits per heavy atom. The first-order valence-corrected chi connectivity index (χ1v) is 11.3. The molecule has 3 saturated carbocycles. The molecular formula is C24H40O4. The Labute approximate surface area is 170 Å². The third-order valence-corrected chi connectivity index (χ3v) is 6.96. The van der Waals surface area contributed by atoms with E-state index >= 15 is 0 Å². The van der Waals surface area contributed by atoms with Crippen molar-refractivity contribution >= 4 is 0 Å². The SMILES string of the molecule is CC(C)(O)CCOC1CCC2(CCC/C(=C\C=C3C[C@@H](O)C[C@H](O)C3)C2)CC1. The lowest BCUT2D eigenvalue weighted by molar-refractivity contribution is -0.0341. The van der Waals surface area contributed by atoms with Crippen LogP contribution in [-0.2, 0) is 4.74 Å². The van der Waals surface area contributed by atoms with Crippen LogP contribution >= 0.6 is 0 Å². The Morgan fingerprint density at radius 3 is 2.32 bits per heavy atom. The minimum Gasteiger partial charge on any atom is -0.393 e. The van der Waals surface area contributed by atoms with Crippen molar-refractivity contribution in [2.24, 2.45) is 5.41 Å². The smallest absolute Gasteiger partial charge is 0.0613 e. The lowest BCUT2D eigenvalue weighted by Gasteiger charge is -2.43. The van der Waals surface area contributed by atoms with Gasteiger partial charge in [0.2, 0.25) is 0 Å². The van der Waals surface area contributed by atoms with Gasteiger partial charge in [-0.3, -0.25) is 0 Å². The molecule has 3 aliphatic rings. The van der Waals surface area contributed by atoms with Gasteiger partial charge in [-0.2, -0.15) is 0 Å². The molecule has 0 aromatic rings. The van der Waals surface area contributed by atoms with E-state index in [4.69, 9.17) is 4.74 Å². The van der Waals surface area contributed by atoms with E-state index in [1.807, 2.05) is 13.8 Å². The third-order valence-electron chi connectivity index (χ3n) is 6.96. The summed E-state index contributed by atoms with van der Waals surface area (Å²) in [5.41, 5.74) is 2.53. The van der Waals surface area contributed by atoms with Crippen molar-refractivity contribution in [3.63, 3.8) is 0 Å². The molecule has 3 aliphatic carbocycles. The van der Waals surface area contributed by atoms with Gasteiger partial charge >= 0.3 is 0 Å². The van der Waals surface area contributed by atoms with Gasteiger partial charge in [-0.1, -0.05) is 23.3 Å². The summed E-state index contributed by atoms with van der Waals surface area (Å²) in [6, 6.07) is 0. The molecule has 0 radical (unpaired) electrons. The molecule has 0 saturated heterocycles. The minimum absolute atomic E-state index is 0.356. The first-order valence-electron chi connectivity index (χ1n) is 11.3. The van der Waals surface area contributed by atoms with E-state index in [-0.39, 0.29) is 0 Å². The molecule has 0 aromatic carbocycles. The molecule has 4 heteroatoms. The summed E-state index contributed by atoms with van der Waals surface area (Å²) in [5, 5.41) is 29.6. The highest BCUT2D eigenvalue weighted by Crippen LogP contribution is 2.49. The molecule has 0 aromatic heterocycles. The second-order valence-corrected chi connectivity index (χ2v) is 10.3. The summed E-state index contributed by atoms with van der Waals surface area (Å²) in [6.07, 6.45) is 16.4. The quantitative estimate of drug-likeness (QED) is 0.647. The van der Waals surface area contributed by atoms with Gasteiger partial charge in [0, 0.05) is 6.61 Å². The highest BCUT2D eigenvalue weighted by molar-refractivity contribution is 5.22. The van der Waals surface area contributed by atoms with E-state index in [0.717, 1.165) is 12.8 Å². The highest BCUT2D eigenvalue weighted by Gasteiger charge is 2.37. The average molecular weight is 393 g/mol. The molecule has 3 rings (SSSR count). The van der Waals surface area contributed by atoms with E-state index in [2.05, 4.69) is 12.2 Å². The van der Waals surface area contributed by atoms with Crippen LogP contribution in [0.15, 0.2) is 23.3 Å². The molecule has 28 heavy (non-hydrogen) atoms. The number of ether oxygens (including phenoxy) is 1. The summed E-state index contributed by atoms with van der Waals surface area (Å²) in [6.45, 7) is 4.33. The zero-order valence-electron chi connectivity index (χ0n) is 17.8. The minimum atomic E-state index is -0.641. The number of allylic oxidation sites excluding steroid dienone is 3. The van der Waals surface area contributed by atoms with Crippen LogP contribution in [0.4, 0.5) is 0 Å². The van der Waals surface area contributed by atoms with Crippen LogP contribution in [0.1, 0.15) is 90.9 Å². The van der Waals surface area contributed by atoms with Crippen molar-refractivity contribution in [1.82, 2.24) is 0 Å². The van der Waals surface area contributed by atoms with Crippen molar-refractivity contribution < 1.29 is 20.1 Å². The highest BCUT2D eigenvalue weighted by atomic mass is 16.5. The number of rotatable bonds is 5. The van der Waals surface area contributed by atoms with Crippen molar-refractivity contribution in [2.75, 3.05) is 6.61 Å². The van der Waals surface area contributed by atoms with Crippen LogP contribution < -0.4 is 0 Å². The van der Waals surface area contributed by atoms with Gasteiger partial charge < -0.3 is 20.1 Å². The van der Waals surface area contributed by atoms with Crippen molar-refractivity contribution in [3.8, 4) is 0 Å². The Bertz CT molecular complexity index is 552. The molecule has 3 N–H and O–H groups in total. The number of aliphatic hydroxyl groups excluding tert-OH is 2. The van der Waals surface area contributed by atoms with Crippen LogP contribution in [0.5, 0.6) is 0 Å². The number of hydrogen-bond donors (Lipinski definition) is 3. The summed E-state index contributed by atoms with van der Waals surface area (Å²) in [4.78, 5) is 0. The van der Waals surface area contributed by atoms with Gasteiger partial charge in [0.05, 0.1) is 23.9 Å². The fourth-order valence-corrected chi connectivity index (χ4v) is 5.30. The van der Waals surface area contributed by atoms with Crippen LogP contribution in [-0.4, -0.2) is 45.8 Å². The predicted octanol–water partition coefficient (Wildman–Crippen LogP) is 4.43. The molecule has 0 amide bonds. The maximum Gasteiger partial charge on any atom is 0.0613 e. The van der Waals surface area contributed by atoms with Crippen molar-refractivity contribution in [1.29, 1.82) is 0 Å². The maximum absolute atomic E-state index is 9.87. The molecule has 2 atom stereocenters. The lowest BCUT2D eigenvalue weighted by atomic mass is 9.63. The van der Waals surface area contributed by atoms with Crippen LogP contribution in [0.25, 0.3) is 0 Å². The maximum atomic E-state index is 9.87. The van der Waals surface area contributed by atoms with Gasteiger partial charge in [-0.25, -0.2) is 0 Å². The summed E-state index contributed by atoms with van der Waals surface area (Å²) < 4.78 is 6.04. The van der Waals surface area contributed by atoms with Crippen LogP contribution in [0.2, 0.25) is 0 Å². The first kappa shape index (κ1) is 22.0. The largest absolute Gasteiger partial charge is 0.393 e. The number of aliphatic hydroxyl groups is 3. The van der Waals surface area contributed by atoms with Gasteiger partial charge in [0.15, 0.2) is 0 Å². The second kappa shape index (κ2) is 9.42. The molecule has 4 nitrogen and oxygen atoms in total. The average Bonchev–Trinajstić information content (AvgIpc) is 2.60. The Morgan fingerprint density at radius 1 is 1.04 bits per heavy atom. The summed E-state index contributed by atoms with van der Waals surface area (Å²) in [5.74, 6) is 0. The van der Waals surface area contributed by atoms with Crippen LogP contribution in [0.3, 0.4) is 0 Å². The van der Waals surface area contributed by atoms with E-state index in [0.29, 0.717) is 43.8 Å². The lowest BCUT2D eigenvalue weighted by Crippen LogP contribution is -2.34. The van der Waals surface area contributed by atoms with E-state index < -0.39 is 17.8 Å². The molecule has 0 aliphatic heterocycles. The molecule has 0 heterocycles. The van der Waals surface area contributed by atoms with Crippen molar-refractivity contribution in [2.45, 2.75) is 115 Å². The second-order valence-electron chi connectivity index (χ2n) is 10.3.